The van der Waals surface area contributed by atoms with E-state index < -0.39 is 36.0 Å². The topological polar surface area (TPSA) is 108 Å². The van der Waals surface area contributed by atoms with Crippen LogP contribution in [0.5, 0.6) is 0 Å². The highest BCUT2D eigenvalue weighted by atomic mass is 18.2. The summed E-state index contributed by atoms with van der Waals surface area (Å²) in [6.07, 6.45) is -0.982. The van der Waals surface area contributed by atoms with Crippen molar-refractivity contribution in [3.63, 3.8) is 0 Å². The Bertz CT molecular complexity index is 1560. The molecule has 6 atom stereocenters. The molecule has 3 aliphatic rings. The van der Waals surface area contributed by atoms with E-state index in [1.54, 1.807) is 55.5 Å². The fraction of sp³-hybridized carbons (Fsp3) is 0.353. The second-order valence-electron chi connectivity index (χ2n) is 11.5. The maximum Gasteiger partial charge on any atom is 0.340 e. The van der Waals surface area contributed by atoms with E-state index in [0.29, 0.717) is 22.7 Å². The van der Waals surface area contributed by atoms with Crippen LogP contribution in [0.2, 0.25) is 0 Å². The summed E-state index contributed by atoms with van der Waals surface area (Å²) in [6.45, 7) is 3.24. The first-order chi connectivity index (χ1) is 20.8. The van der Waals surface area contributed by atoms with Crippen LogP contribution in [0.15, 0.2) is 89.9 Å². The number of aliphatic carboxylic acids is 1. The molecule has 3 aromatic rings. The van der Waals surface area contributed by atoms with Crippen LogP contribution in [0.3, 0.4) is 0 Å². The molecule has 0 bridgehead atoms. The van der Waals surface area contributed by atoms with Crippen molar-refractivity contribution in [3.05, 3.63) is 102 Å². The molecule has 2 N–H and O–H groups in total. The van der Waals surface area contributed by atoms with Gasteiger partial charge in [0.1, 0.15) is 0 Å². The van der Waals surface area contributed by atoms with Gasteiger partial charge in [-0.2, -0.15) is 0 Å². The lowest BCUT2D eigenvalue weighted by Gasteiger charge is -2.25. The summed E-state index contributed by atoms with van der Waals surface area (Å²) < 4.78 is 19.4. The molecule has 5 unspecified atom stereocenters. The normalized spacial score (nSPS) is 26.4. The molecule has 43 heavy (non-hydrogen) atoms. The minimum Gasteiger partial charge on any atom is -0.480 e. The first-order valence-electron chi connectivity index (χ1n) is 14.7. The van der Waals surface area contributed by atoms with E-state index in [1.807, 2.05) is 24.3 Å². The van der Waals surface area contributed by atoms with E-state index in [-0.39, 0.29) is 23.8 Å². The van der Waals surface area contributed by atoms with Gasteiger partial charge in [0.25, 0.3) is 0 Å². The predicted octanol–water partition coefficient (Wildman–Crippen LogP) is 4.87. The molecule has 0 aromatic heterocycles. The Labute approximate surface area is 249 Å². The van der Waals surface area contributed by atoms with Crippen LogP contribution in [0.25, 0.3) is 0 Å². The van der Waals surface area contributed by atoms with Gasteiger partial charge in [-0.25, -0.2) is 14.0 Å². The van der Waals surface area contributed by atoms with Crippen molar-refractivity contribution in [1.29, 1.82) is 0 Å². The van der Waals surface area contributed by atoms with E-state index in [4.69, 9.17) is 4.74 Å². The molecule has 222 valence electrons. The Morgan fingerprint density at radius 3 is 2.37 bits per heavy atom. The van der Waals surface area contributed by atoms with Crippen molar-refractivity contribution in [2.75, 3.05) is 18.5 Å². The van der Waals surface area contributed by atoms with Gasteiger partial charge in [0.2, 0.25) is 5.91 Å². The zero-order valence-electron chi connectivity index (χ0n) is 23.9. The number of hydrogen-bond acceptors (Lipinski definition) is 6. The number of nitrogens with one attached hydrogen (secondary N) is 1. The van der Waals surface area contributed by atoms with Crippen LogP contribution in [-0.4, -0.2) is 64.5 Å². The number of ether oxygens (including phenoxy) is 1. The van der Waals surface area contributed by atoms with Crippen molar-refractivity contribution in [2.24, 2.45) is 16.3 Å². The van der Waals surface area contributed by atoms with Gasteiger partial charge in [0.15, 0.2) is 12.2 Å². The van der Waals surface area contributed by atoms with Gasteiger partial charge in [-0.3, -0.25) is 14.7 Å². The molecule has 2 saturated carbocycles. The van der Waals surface area contributed by atoms with Crippen LogP contribution >= 0.6 is 0 Å². The van der Waals surface area contributed by atoms with Crippen LogP contribution in [0, 0.1) is 11.3 Å². The fourth-order valence-electron chi connectivity index (χ4n) is 7.00. The zero-order chi connectivity index (χ0) is 30.2. The molecular formula is C34H34FN3O5. The molecule has 8 nitrogen and oxygen atoms in total. The second-order valence-corrected chi connectivity index (χ2v) is 11.5. The standard InChI is InChI=1S/C34H34FN3O5/c1-2-43-31(41)25(35)19-27(30(39)40)36-29(23-13-7-4-8-14-23)24-15-9-10-16-26(24)37-32(42)33-18-17-28(33)34(33)21-38(34)20-22-11-5-3-6-12-22/h3-16,25,27-28H,2,17-21H2,1H3,(H,37,42)(H,39,40)/t25?,27-,28?,33?,34?,38?/m0/s1/i35-1. The van der Waals surface area contributed by atoms with E-state index in [2.05, 4.69) is 27.3 Å². The lowest BCUT2D eigenvalue weighted by molar-refractivity contribution is -0.150. The van der Waals surface area contributed by atoms with Crippen molar-refractivity contribution < 1.29 is 28.6 Å². The third-order valence-corrected chi connectivity index (χ3v) is 9.22. The Morgan fingerprint density at radius 2 is 1.72 bits per heavy atom. The highest BCUT2D eigenvalue weighted by Crippen LogP contribution is 2.83. The predicted molar refractivity (Wildman–Crippen MR) is 159 cm³/mol. The smallest absolute Gasteiger partial charge is 0.340 e. The molecule has 2 aliphatic carbocycles. The largest absolute Gasteiger partial charge is 0.480 e. The molecule has 1 spiro atoms. The van der Waals surface area contributed by atoms with Gasteiger partial charge in [-0.05, 0) is 37.3 Å². The molecule has 1 amide bonds. The summed E-state index contributed by atoms with van der Waals surface area (Å²) in [5.74, 6) is -2.21. The minimum absolute atomic E-state index is 0.0176. The highest BCUT2D eigenvalue weighted by Gasteiger charge is 2.92. The fourth-order valence-corrected chi connectivity index (χ4v) is 7.00. The average molecular weight is 583 g/mol. The summed E-state index contributed by atoms with van der Waals surface area (Å²) in [7, 11) is 0. The Morgan fingerprint density at radius 1 is 1.05 bits per heavy atom. The van der Waals surface area contributed by atoms with Crippen LogP contribution in [-0.2, 0) is 25.7 Å². The summed E-state index contributed by atoms with van der Waals surface area (Å²) in [4.78, 5) is 45.0. The lowest BCUT2D eigenvalue weighted by Crippen LogP contribution is -2.34. The summed E-state index contributed by atoms with van der Waals surface area (Å²) >= 11 is 0. The van der Waals surface area contributed by atoms with Gasteiger partial charge in [-0.1, -0.05) is 78.9 Å². The van der Waals surface area contributed by atoms with Gasteiger partial charge < -0.3 is 15.2 Å². The van der Waals surface area contributed by atoms with E-state index >= 15 is 0 Å². The summed E-state index contributed by atoms with van der Waals surface area (Å²) in [5.41, 5.74) is 2.57. The SMILES string of the molecule is CCOC(=O)C([18F])C[C@H](N=C(c1ccccc1)c1ccccc1NC(=O)C12CCC1C21CN1Cc1ccccc1)C(=O)O. The highest BCUT2D eigenvalue weighted by molar-refractivity contribution is 6.18. The van der Waals surface area contributed by atoms with Gasteiger partial charge in [-0.15, -0.1) is 0 Å². The maximum absolute atomic E-state index is 14.7. The monoisotopic (exact) mass is 582 g/mol. The third kappa shape index (κ3) is 5.01. The van der Waals surface area contributed by atoms with Gasteiger partial charge in [0, 0.05) is 30.6 Å². The number of carbonyl (C=O) groups is 3. The van der Waals surface area contributed by atoms with Crippen molar-refractivity contribution in [3.8, 4) is 0 Å². The molecular weight excluding hydrogens is 548 g/mol. The number of rotatable bonds is 12. The van der Waals surface area contributed by atoms with E-state index in [9.17, 15) is 23.9 Å². The van der Waals surface area contributed by atoms with Crippen molar-refractivity contribution >= 4 is 29.2 Å². The first-order valence-corrected chi connectivity index (χ1v) is 14.7. The second kappa shape index (κ2) is 11.4. The number of anilines is 1. The van der Waals surface area contributed by atoms with Crippen molar-refractivity contribution in [1.82, 2.24) is 4.90 Å². The molecule has 1 aliphatic heterocycles. The van der Waals surface area contributed by atoms with E-state index in [0.717, 1.165) is 25.9 Å². The number of amides is 1. The number of carboxylic acids is 1. The number of fused-ring (bicyclic) bond motifs is 3. The first kappa shape index (κ1) is 28.7. The summed E-state index contributed by atoms with van der Waals surface area (Å²) in [5, 5.41) is 13.1. The average Bonchev–Trinajstić information content (AvgIpc) is 3.79. The molecule has 1 heterocycles. The van der Waals surface area contributed by atoms with Gasteiger partial charge >= 0.3 is 11.9 Å². The Kier molecular flexibility index (Phi) is 7.60. The molecule has 3 fully saturated rings. The van der Waals surface area contributed by atoms with Crippen LogP contribution in [0.1, 0.15) is 42.9 Å². The number of para-hydroxylation sites is 1. The number of halogens is 1. The third-order valence-electron chi connectivity index (χ3n) is 9.22. The lowest BCUT2D eigenvalue weighted by atomic mass is 9.83. The number of aliphatic imine (C=N–C) groups is 1. The summed E-state index contributed by atoms with van der Waals surface area (Å²) in [6, 6.07) is 24.8. The maximum atomic E-state index is 14.7. The number of hydrogen-bond donors (Lipinski definition) is 2. The minimum atomic E-state index is -2.14. The quantitative estimate of drug-likeness (QED) is 0.179. The molecule has 3 aromatic carbocycles. The number of esters is 1. The Hall–Kier alpha value is -4.37. The number of alkyl halides is 1. The number of carboxylic acid groups (broad SMARTS) is 1. The number of nitrogens with zero attached hydrogens (tertiary/aromatic N) is 2. The van der Waals surface area contributed by atoms with Gasteiger partial charge in [0.05, 0.1) is 29.0 Å². The molecule has 9 heteroatoms. The van der Waals surface area contributed by atoms with Crippen molar-refractivity contribution in [2.45, 2.75) is 50.5 Å². The number of benzene rings is 3. The van der Waals surface area contributed by atoms with Crippen LogP contribution in [0.4, 0.5) is 10.1 Å². The number of carbonyl (C=O) groups excluding carboxylic acids is 2. The molecule has 0 radical (unpaired) electrons. The van der Waals surface area contributed by atoms with E-state index in [1.165, 1.54) is 5.56 Å². The molecule has 6 rings (SSSR count). The Balaban J connectivity index is 1.28. The zero-order valence-corrected chi connectivity index (χ0v) is 23.9. The van der Waals surface area contributed by atoms with Crippen LogP contribution < -0.4 is 5.32 Å². The molecule has 1 saturated heterocycles.